The fourth-order valence-electron chi connectivity index (χ4n) is 4.74. The summed E-state index contributed by atoms with van der Waals surface area (Å²) in [6, 6.07) is 11.3. The molecule has 0 spiro atoms. The standard InChI is InChI=1S/C29H29F3N8O/c1-3-22(34-4-2)18-38-11-13-39(14-12-38)28(41)20-7-5-19(6-8-20)25-17-35-26-10-9-24(37-40(25)26)21-15-23(29(30,31)32)27(33)36-16-21/h3-10,15-17H,11-14,18H2,1-2H3,(H2,33,36)/b22-3-,34-4?. The molecule has 0 radical (unpaired) electrons. The number of aromatic nitrogens is 4. The second kappa shape index (κ2) is 11.5. The molecule has 4 heterocycles. The fourth-order valence-corrected chi connectivity index (χ4v) is 4.74. The Balaban J connectivity index is 1.32. The number of aliphatic imine (C=N–C) groups is 1. The zero-order valence-electron chi connectivity index (χ0n) is 22.6. The molecule has 0 bridgehead atoms. The highest BCUT2D eigenvalue weighted by atomic mass is 19.4. The zero-order valence-corrected chi connectivity index (χ0v) is 22.6. The molecule has 212 valence electrons. The van der Waals surface area contributed by atoms with E-state index in [0.717, 1.165) is 37.0 Å². The van der Waals surface area contributed by atoms with Crippen LogP contribution in [0.5, 0.6) is 0 Å². The van der Waals surface area contributed by atoms with E-state index >= 15 is 0 Å². The molecule has 0 saturated carbocycles. The molecular formula is C29H29F3N8O. The Bertz CT molecular complexity index is 1620. The Kier molecular flexibility index (Phi) is 7.84. The zero-order chi connectivity index (χ0) is 29.1. The number of anilines is 1. The van der Waals surface area contributed by atoms with Gasteiger partial charge < -0.3 is 10.6 Å². The monoisotopic (exact) mass is 562 g/mol. The first kappa shape index (κ1) is 28.0. The Morgan fingerprint density at radius 3 is 2.39 bits per heavy atom. The number of amides is 1. The summed E-state index contributed by atoms with van der Waals surface area (Å²) in [7, 11) is 0. The predicted octanol–water partition coefficient (Wildman–Crippen LogP) is 4.81. The summed E-state index contributed by atoms with van der Waals surface area (Å²) in [6.07, 6.45) is 2.03. The molecule has 0 unspecified atom stereocenters. The SMILES string of the molecule is CC=N/C(=C\C)CN1CCN(C(=O)c2ccc(-c3cnc4ccc(-c5cnc(N)c(C(F)(F)F)c5)nn34)cc2)CC1. The molecule has 5 rings (SSSR count). The number of pyridine rings is 1. The Morgan fingerprint density at radius 1 is 1.00 bits per heavy atom. The van der Waals surface area contributed by atoms with Crippen LogP contribution in [-0.2, 0) is 6.18 Å². The van der Waals surface area contributed by atoms with Crippen molar-refractivity contribution in [1.29, 1.82) is 0 Å². The summed E-state index contributed by atoms with van der Waals surface area (Å²) in [4.78, 5) is 29.8. The highest BCUT2D eigenvalue weighted by Crippen LogP contribution is 2.35. The van der Waals surface area contributed by atoms with E-state index < -0.39 is 17.6 Å². The van der Waals surface area contributed by atoms with Crippen LogP contribution in [0.3, 0.4) is 0 Å². The minimum absolute atomic E-state index is 0.0380. The second-order valence-electron chi connectivity index (χ2n) is 9.60. The molecule has 0 atom stereocenters. The third kappa shape index (κ3) is 5.97. The number of piperazine rings is 1. The second-order valence-corrected chi connectivity index (χ2v) is 9.60. The number of nitrogens with zero attached hydrogens (tertiary/aromatic N) is 7. The van der Waals surface area contributed by atoms with Crippen molar-refractivity contribution >= 4 is 23.6 Å². The molecule has 2 N–H and O–H groups in total. The van der Waals surface area contributed by atoms with Gasteiger partial charge in [-0.05, 0) is 44.2 Å². The number of benzene rings is 1. The van der Waals surface area contributed by atoms with Gasteiger partial charge in [-0.25, -0.2) is 14.5 Å². The van der Waals surface area contributed by atoms with E-state index in [1.54, 1.807) is 41.2 Å². The van der Waals surface area contributed by atoms with Gasteiger partial charge in [0.05, 0.1) is 23.1 Å². The topological polar surface area (TPSA) is 105 Å². The minimum atomic E-state index is -4.64. The number of allylic oxidation sites excluding steroid dienone is 1. The molecule has 1 fully saturated rings. The van der Waals surface area contributed by atoms with Crippen molar-refractivity contribution in [2.24, 2.45) is 4.99 Å². The van der Waals surface area contributed by atoms with E-state index in [4.69, 9.17) is 5.73 Å². The molecule has 12 heteroatoms. The van der Waals surface area contributed by atoms with Gasteiger partial charge in [-0.3, -0.25) is 14.7 Å². The van der Waals surface area contributed by atoms with E-state index in [1.807, 2.05) is 37.0 Å². The van der Waals surface area contributed by atoms with E-state index in [-0.39, 0.29) is 17.2 Å². The van der Waals surface area contributed by atoms with Gasteiger partial charge in [0.1, 0.15) is 5.82 Å². The summed E-state index contributed by atoms with van der Waals surface area (Å²) in [5.41, 5.74) is 8.37. The van der Waals surface area contributed by atoms with Crippen molar-refractivity contribution in [2.45, 2.75) is 20.0 Å². The predicted molar refractivity (Wildman–Crippen MR) is 151 cm³/mol. The maximum atomic E-state index is 13.4. The van der Waals surface area contributed by atoms with Crippen LogP contribution in [0.4, 0.5) is 19.0 Å². The lowest BCUT2D eigenvalue weighted by Gasteiger charge is -2.34. The number of fused-ring (bicyclic) bond motifs is 1. The number of nitrogen functional groups attached to an aromatic ring is 1. The Morgan fingerprint density at radius 2 is 1.73 bits per heavy atom. The number of rotatable bonds is 6. The van der Waals surface area contributed by atoms with Crippen molar-refractivity contribution in [3.05, 3.63) is 77.8 Å². The van der Waals surface area contributed by atoms with Gasteiger partial charge in [-0.15, -0.1) is 0 Å². The van der Waals surface area contributed by atoms with Gasteiger partial charge in [0, 0.05) is 67.5 Å². The summed E-state index contributed by atoms with van der Waals surface area (Å²) < 4.78 is 41.6. The van der Waals surface area contributed by atoms with E-state index in [9.17, 15) is 18.0 Å². The van der Waals surface area contributed by atoms with Crippen LogP contribution >= 0.6 is 0 Å². The number of imidazole rings is 1. The van der Waals surface area contributed by atoms with Crippen molar-refractivity contribution in [1.82, 2.24) is 29.4 Å². The largest absolute Gasteiger partial charge is 0.419 e. The van der Waals surface area contributed by atoms with Gasteiger partial charge in [-0.1, -0.05) is 18.2 Å². The van der Waals surface area contributed by atoms with E-state index in [0.29, 0.717) is 30.0 Å². The van der Waals surface area contributed by atoms with Crippen LogP contribution in [0.15, 0.2) is 71.6 Å². The number of hydrogen-bond acceptors (Lipinski definition) is 7. The molecule has 0 aliphatic carbocycles. The van der Waals surface area contributed by atoms with Crippen molar-refractivity contribution in [3.8, 4) is 22.5 Å². The van der Waals surface area contributed by atoms with E-state index in [2.05, 4.69) is 25.0 Å². The molecule has 41 heavy (non-hydrogen) atoms. The minimum Gasteiger partial charge on any atom is -0.383 e. The smallest absolute Gasteiger partial charge is 0.383 e. The van der Waals surface area contributed by atoms with Crippen LogP contribution in [0, 0.1) is 0 Å². The fraction of sp³-hybridized carbons (Fsp3) is 0.276. The first-order valence-electron chi connectivity index (χ1n) is 13.1. The molecule has 9 nitrogen and oxygen atoms in total. The lowest BCUT2D eigenvalue weighted by molar-refractivity contribution is -0.137. The van der Waals surface area contributed by atoms with Crippen molar-refractivity contribution in [2.75, 3.05) is 38.5 Å². The molecular weight excluding hydrogens is 533 g/mol. The molecule has 4 aromatic rings. The van der Waals surface area contributed by atoms with Crippen molar-refractivity contribution in [3.63, 3.8) is 0 Å². The molecule has 1 aliphatic rings. The lowest BCUT2D eigenvalue weighted by Crippen LogP contribution is -2.49. The van der Waals surface area contributed by atoms with Gasteiger partial charge in [-0.2, -0.15) is 18.3 Å². The quantitative estimate of drug-likeness (QED) is 0.338. The van der Waals surface area contributed by atoms with Crippen LogP contribution in [0.2, 0.25) is 0 Å². The van der Waals surface area contributed by atoms with Gasteiger partial charge in [0.15, 0.2) is 5.65 Å². The Labute approximate surface area is 234 Å². The third-order valence-electron chi connectivity index (χ3n) is 6.98. The number of carbonyl (C=O) groups excluding carboxylic acids is 1. The third-order valence-corrected chi connectivity index (χ3v) is 6.98. The number of hydrogen-bond donors (Lipinski definition) is 1. The van der Waals surface area contributed by atoms with Gasteiger partial charge in [0.25, 0.3) is 5.91 Å². The number of nitrogens with two attached hydrogens (primary N) is 1. The highest BCUT2D eigenvalue weighted by molar-refractivity contribution is 5.94. The van der Waals surface area contributed by atoms with Crippen LogP contribution in [-0.4, -0.2) is 74.2 Å². The van der Waals surface area contributed by atoms with Gasteiger partial charge in [0.2, 0.25) is 0 Å². The highest BCUT2D eigenvalue weighted by Gasteiger charge is 2.34. The summed E-state index contributed by atoms with van der Waals surface area (Å²) >= 11 is 0. The Hall–Kier alpha value is -4.58. The first-order chi connectivity index (χ1) is 19.7. The lowest BCUT2D eigenvalue weighted by atomic mass is 10.1. The number of carbonyl (C=O) groups is 1. The van der Waals surface area contributed by atoms with Crippen molar-refractivity contribution < 1.29 is 18.0 Å². The normalized spacial score (nSPS) is 15.2. The molecule has 1 aliphatic heterocycles. The average molecular weight is 563 g/mol. The molecule has 1 saturated heterocycles. The van der Waals surface area contributed by atoms with Crippen LogP contribution in [0.1, 0.15) is 29.8 Å². The molecule has 3 aromatic heterocycles. The summed E-state index contributed by atoms with van der Waals surface area (Å²) in [5, 5.41) is 4.52. The van der Waals surface area contributed by atoms with Crippen LogP contribution < -0.4 is 5.73 Å². The first-order valence-corrected chi connectivity index (χ1v) is 13.1. The summed E-state index contributed by atoms with van der Waals surface area (Å²) in [5.74, 6) is -0.629. The summed E-state index contributed by atoms with van der Waals surface area (Å²) in [6.45, 7) is 7.41. The number of alkyl halides is 3. The maximum Gasteiger partial charge on any atom is 0.419 e. The number of halogens is 3. The average Bonchev–Trinajstić information content (AvgIpc) is 3.40. The molecule has 1 amide bonds. The maximum absolute atomic E-state index is 13.4. The van der Waals surface area contributed by atoms with E-state index in [1.165, 1.54) is 6.20 Å². The van der Waals surface area contributed by atoms with Crippen LogP contribution in [0.25, 0.3) is 28.2 Å². The molecule has 1 aromatic carbocycles. The van der Waals surface area contributed by atoms with Gasteiger partial charge >= 0.3 is 6.18 Å².